The van der Waals surface area contributed by atoms with Gasteiger partial charge in [0.2, 0.25) is 0 Å². The molecule has 0 aliphatic rings. The molecule has 2 aromatic rings. The molecule has 0 atom stereocenters. The average Bonchev–Trinajstić information content (AvgIpc) is 2.74. The van der Waals surface area contributed by atoms with E-state index in [0.717, 1.165) is 11.5 Å². The van der Waals surface area contributed by atoms with E-state index in [-0.39, 0.29) is 0 Å². The molecule has 0 unspecified atom stereocenters. The molecule has 0 radical (unpaired) electrons. The van der Waals surface area contributed by atoms with E-state index in [1.165, 1.54) is 0 Å². The van der Waals surface area contributed by atoms with E-state index < -0.39 is 0 Å². The fraction of sp³-hybridized carbons (Fsp3) is 0.250. The lowest BCUT2D eigenvalue weighted by molar-refractivity contribution is 0.481. The van der Waals surface area contributed by atoms with Crippen LogP contribution >= 0.6 is 12.2 Å². The van der Waals surface area contributed by atoms with Crippen LogP contribution in [0.2, 0.25) is 0 Å². The van der Waals surface area contributed by atoms with Gasteiger partial charge in [0.15, 0.2) is 5.82 Å². The first-order chi connectivity index (χ1) is 8.58. The summed E-state index contributed by atoms with van der Waals surface area (Å²) >= 11 is 5.00. The predicted molar refractivity (Wildman–Crippen MR) is 73.5 cm³/mol. The van der Waals surface area contributed by atoms with Crippen LogP contribution in [0.1, 0.15) is 17.1 Å². The number of anilines is 1. The molecule has 0 amide bonds. The molecule has 18 heavy (non-hydrogen) atoms. The van der Waals surface area contributed by atoms with Crippen molar-refractivity contribution in [1.29, 1.82) is 0 Å². The van der Waals surface area contributed by atoms with Crippen LogP contribution in [-0.2, 0) is 6.54 Å². The van der Waals surface area contributed by atoms with Crippen LogP contribution in [0.3, 0.4) is 0 Å². The van der Waals surface area contributed by atoms with Crippen LogP contribution in [0.4, 0.5) is 5.82 Å². The van der Waals surface area contributed by atoms with E-state index in [0.29, 0.717) is 22.9 Å². The van der Waals surface area contributed by atoms with Crippen molar-refractivity contribution in [1.82, 2.24) is 10.2 Å². The Hall–Kier alpha value is -1.95. The van der Waals surface area contributed by atoms with Crippen LogP contribution < -0.4 is 10.6 Å². The molecular weight excluding hydrogens is 248 g/mol. The van der Waals surface area contributed by atoms with Gasteiger partial charge in [0.05, 0.1) is 18.3 Å². The lowest BCUT2D eigenvalue weighted by Gasteiger charge is -2.18. The first kappa shape index (κ1) is 12.5. The number of rotatable bonds is 4. The minimum atomic E-state index is 0.308. The molecule has 2 rings (SSSR count). The van der Waals surface area contributed by atoms with E-state index in [9.17, 15) is 0 Å². The van der Waals surface area contributed by atoms with Gasteiger partial charge in [-0.2, -0.15) is 5.10 Å². The van der Waals surface area contributed by atoms with E-state index in [1.54, 1.807) is 12.3 Å². The highest BCUT2D eigenvalue weighted by Gasteiger charge is 2.13. The lowest BCUT2D eigenvalue weighted by Crippen LogP contribution is -2.23. The standard InChI is InChI=1S/C12H14N4OS/c1-8-3-4-9(17-8)7-16(2)12-10(11(13)18)5-6-14-15-12/h3-6H,7H2,1-2H3,(H2,13,18). The first-order valence-corrected chi connectivity index (χ1v) is 5.86. The van der Waals surface area contributed by atoms with Crippen molar-refractivity contribution >= 4 is 23.0 Å². The highest BCUT2D eigenvalue weighted by atomic mass is 32.1. The zero-order valence-electron chi connectivity index (χ0n) is 10.3. The summed E-state index contributed by atoms with van der Waals surface area (Å²) in [6.45, 7) is 2.49. The van der Waals surface area contributed by atoms with Crippen molar-refractivity contribution < 1.29 is 4.42 Å². The van der Waals surface area contributed by atoms with Gasteiger partial charge in [-0.3, -0.25) is 0 Å². The summed E-state index contributed by atoms with van der Waals surface area (Å²) < 4.78 is 5.52. The Bertz CT molecular complexity index is 567. The molecule has 0 aliphatic carbocycles. The molecule has 0 saturated carbocycles. The number of aryl methyl sites for hydroxylation is 1. The minimum Gasteiger partial charge on any atom is -0.464 e. The van der Waals surface area contributed by atoms with Crippen LogP contribution in [0.5, 0.6) is 0 Å². The largest absolute Gasteiger partial charge is 0.464 e. The van der Waals surface area contributed by atoms with Crippen LogP contribution in [-0.4, -0.2) is 22.2 Å². The Labute approximate surface area is 111 Å². The molecule has 0 aromatic carbocycles. The maximum Gasteiger partial charge on any atom is 0.161 e. The van der Waals surface area contributed by atoms with E-state index >= 15 is 0 Å². The number of furan rings is 1. The van der Waals surface area contributed by atoms with Gasteiger partial charge >= 0.3 is 0 Å². The molecule has 2 heterocycles. The molecule has 0 aliphatic heterocycles. The van der Waals surface area contributed by atoms with Gasteiger partial charge in [-0.25, -0.2) is 0 Å². The summed E-state index contributed by atoms with van der Waals surface area (Å²) in [4.78, 5) is 2.21. The zero-order valence-corrected chi connectivity index (χ0v) is 11.1. The molecular formula is C12H14N4OS. The third-order valence-electron chi connectivity index (χ3n) is 2.52. The van der Waals surface area contributed by atoms with Gasteiger partial charge in [-0.1, -0.05) is 12.2 Å². The number of nitrogens with two attached hydrogens (primary N) is 1. The van der Waals surface area contributed by atoms with Crippen molar-refractivity contribution in [2.75, 3.05) is 11.9 Å². The van der Waals surface area contributed by atoms with E-state index in [4.69, 9.17) is 22.4 Å². The quantitative estimate of drug-likeness (QED) is 0.845. The second kappa shape index (κ2) is 5.14. The first-order valence-electron chi connectivity index (χ1n) is 5.46. The molecule has 94 valence electrons. The van der Waals surface area contributed by atoms with Crippen molar-refractivity contribution in [3.05, 3.63) is 41.5 Å². The second-order valence-corrected chi connectivity index (χ2v) is 4.44. The summed E-state index contributed by atoms with van der Waals surface area (Å²) in [5.41, 5.74) is 6.38. The maximum atomic E-state index is 5.66. The number of nitrogens with zero attached hydrogens (tertiary/aromatic N) is 3. The number of hydrogen-bond acceptors (Lipinski definition) is 5. The summed E-state index contributed by atoms with van der Waals surface area (Å²) in [5.74, 6) is 2.39. The highest BCUT2D eigenvalue weighted by Crippen LogP contribution is 2.18. The Morgan fingerprint density at radius 1 is 1.44 bits per heavy atom. The van der Waals surface area contributed by atoms with Gasteiger partial charge in [-0.05, 0) is 25.1 Å². The normalized spacial score (nSPS) is 10.3. The SMILES string of the molecule is Cc1ccc(CN(C)c2nnccc2C(N)=S)o1. The van der Waals surface area contributed by atoms with Crippen molar-refractivity contribution in [3.63, 3.8) is 0 Å². The number of hydrogen-bond donors (Lipinski definition) is 1. The van der Waals surface area contributed by atoms with Gasteiger partial charge < -0.3 is 15.1 Å². The topological polar surface area (TPSA) is 68.2 Å². The molecule has 5 nitrogen and oxygen atoms in total. The Kier molecular flexibility index (Phi) is 3.57. The highest BCUT2D eigenvalue weighted by molar-refractivity contribution is 7.80. The molecule has 0 fully saturated rings. The van der Waals surface area contributed by atoms with Gasteiger partial charge in [0, 0.05) is 7.05 Å². The molecule has 6 heteroatoms. The van der Waals surface area contributed by atoms with Gasteiger partial charge in [-0.15, -0.1) is 5.10 Å². The fourth-order valence-corrected chi connectivity index (χ4v) is 1.84. The van der Waals surface area contributed by atoms with Crippen LogP contribution in [0.15, 0.2) is 28.8 Å². The smallest absolute Gasteiger partial charge is 0.161 e. The molecule has 2 aromatic heterocycles. The third kappa shape index (κ3) is 2.65. The monoisotopic (exact) mass is 262 g/mol. The maximum absolute atomic E-state index is 5.66. The van der Waals surface area contributed by atoms with Gasteiger partial charge in [0.1, 0.15) is 16.5 Å². The number of thiocarbonyl (C=S) groups is 1. The van der Waals surface area contributed by atoms with Crippen LogP contribution in [0, 0.1) is 6.92 Å². The summed E-state index contributed by atoms with van der Waals surface area (Å²) in [7, 11) is 1.89. The third-order valence-corrected chi connectivity index (χ3v) is 2.74. The van der Waals surface area contributed by atoms with Crippen molar-refractivity contribution in [2.45, 2.75) is 13.5 Å². The minimum absolute atomic E-state index is 0.308. The average molecular weight is 262 g/mol. The Morgan fingerprint density at radius 2 is 2.22 bits per heavy atom. The fourth-order valence-electron chi connectivity index (χ4n) is 1.68. The molecule has 0 bridgehead atoms. The zero-order chi connectivity index (χ0) is 13.1. The lowest BCUT2D eigenvalue weighted by atomic mass is 10.2. The number of aromatic nitrogens is 2. The van der Waals surface area contributed by atoms with E-state index in [1.807, 2.05) is 31.0 Å². The van der Waals surface area contributed by atoms with Crippen LogP contribution in [0.25, 0.3) is 0 Å². The summed E-state index contributed by atoms with van der Waals surface area (Å²) in [6.07, 6.45) is 1.57. The van der Waals surface area contributed by atoms with Gasteiger partial charge in [0.25, 0.3) is 0 Å². The van der Waals surface area contributed by atoms with Crippen molar-refractivity contribution in [2.24, 2.45) is 5.73 Å². The predicted octanol–water partition coefficient (Wildman–Crippen LogP) is 1.65. The molecule has 0 saturated heterocycles. The van der Waals surface area contributed by atoms with E-state index in [2.05, 4.69) is 10.2 Å². The summed E-state index contributed by atoms with van der Waals surface area (Å²) in [5, 5.41) is 7.93. The molecule has 2 N–H and O–H groups in total. The van der Waals surface area contributed by atoms with Crippen molar-refractivity contribution in [3.8, 4) is 0 Å². The summed E-state index contributed by atoms with van der Waals surface area (Å²) in [6, 6.07) is 5.62. The second-order valence-electron chi connectivity index (χ2n) is 4.00. The Balaban J connectivity index is 2.23. The molecule has 0 spiro atoms. The Morgan fingerprint density at radius 3 is 2.83 bits per heavy atom.